The largest absolute Gasteiger partial charge is 0.325 e. The van der Waals surface area contributed by atoms with Gasteiger partial charge in [-0.15, -0.1) is 11.8 Å². The minimum absolute atomic E-state index is 0.0602. The highest BCUT2D eigenvalue weighted by atomic mass is 32.2. The third-order valence-corrected chi connectivity index (χ3v) is 6.36. The normalized spacial score (nSPS) is 11.0. The molecule has 6 nitrogen and oxygen atoms in total. The Bertz CT molecular complexity index is 1190. The van der Waals surface area contributed by atoms with Gasteiger partial charge in [-0.1, -0.05) is 12.1 Å². The summed E-state index contributed by atoms with van der Waals surface area (Å²) in [6.45, 7) is 0. The van der Waals surface area contributed by atoms with Crippen molar-refractivity contribution in [3.05, 3.63) is 84.2 Å². The minimum atomic E-state index is -3.32. The first-order valence-corrected chi connectivity index (χ1v) is 12.0. The Morgan fingerprint density at radius 1 is 0.871 bits per heavy atom. The van der Waals surface area contributed by atoms with E-state index in [0.717, 1.165) is 6.26 Å². The van der Waals surface area contributed by atoms with E-state index in [2.05, 4.69) is 10.6 Å². The van der Waals surface area contributed by atoms with Crippen LogP contribution in [0.4, 0.5) is 15.8 Å². The number of rotatable bonds is 7. The van der Waals surface area contributed by atoms with Gasteiger partial charge < -0.3 is 10.6 Å². The number of thioether (sulfide) groups is 1. The molecule has 0 saturated heterocycles. The van der Waals surface area contributed by atoms with Crippen LogP contribution >= 0.6 is 11.8 Å². The number of sulfone groups is 1. The second-order valence-electron chi connectivity index (χ2n) is 6.59. The van der Waals surface area contributed by atoms with Gasteiger partial charge in [0.25, 0.3) is 5.91 Å². The van der Waals surface area contributed by atoms with Gasteiger partial charge in [0, 0.05) is 22.5 Å². The van der Waals surface area contributed by atoms with Crippen molar-refractivity contribution in [2.75, 3.05) is 22.6 Å². The zero-order chi connectivity index (χ0) is 22.4. The number of amides is 2. The summed E-state index contributed by atoms with van der Waals surface area (Å²) in [6, 6.07) is 18.2. The van der Waals surface area contributed by atoms with Gasteiger partial charge in [-0.3, -0.25) is 9.59 Å². The fourth-order valence-corrected chi connectivity index (χ4v) is 4.12. The van der Waals surface area contributed by atoms with Gasteiger partial charge in [0.2, 0.25) is 5.91 Å². The van der Waals surface area contributed by atoms with Gasteiger partial charge in [-0.2, -0.15) is 0 Å². The lowest BCUT2D eigenvalue weighted by Gasteiger charge is -2.11. The zero-order valence-electron chi connectivity index (χ0n) is 16.5. The first kappa shape index (κ1) is 22.5. The molecule has 2 amide bonds. The van der Waals surface area contributed by atoms with Crippen LogP contribution in [0.3, 0.4) is 0 Å². The molecule has 3 aromatic rings. The number of carbonyl (C=O) groups is 2. The van der Waals surface area contributed by atoms with Crippen LogP contribution in [0.25, 0.3) is 0 Å². The smallest absolute Gasteiger partial charge is 0.256 e. The van der Waals surface area contributed by atoms with E-state index in [4.69, 9.17) is 0 Å². The van der Waals surface area contributed by atoms with Crippen molar-refractivity contribution in [2.45, 2.75) is 9.79 Å². The van der Waals surface area contributed by atoms with Crippen molar-refractivity contribution in [1.29, 1.82) is 0 Å². The van der Waals surface area contributed by atoms with Crippen LogP contribution in [-0.4, -0.2) is 32.2 Å². The molecule has 0 atom stereocenters. The standard InChI is InChI=1S/C22H19FN2O4S2/c1-31(28,29)18-12-10-17(11-13-18)25-22(27)19-4-2-3-5-20(19)30-14-21(26)24-16-8-6-15(23)7-9-16/h2-13H,14H2,1H3,(H,24,26)(H,25,27). The topological polar surface area (TPSA) is 92.3 Å². The maximum absolute atomic E-state index is 13.0. The molecule has 3 rings (SSSR count). The molecule has 0 radical (unpaired) electrons. The van der Waals surface area contributed by atoms with E-state index in [1.807, 2.05) is 0 Å². The van der Waals surface area contributed by atoms with Gasteiger partial charge in [0.1, 0.15) is 5.82 Å². The van der Waals surface area contributed by atoms with Crippen LogP contribution in [0, 0.1) is 5.82 Å². The van der Waals surface area contributed by atoms with Crippen molar-refractivity contribution in [3.63, 3.8) is 0 Å². The van der Waals surface area contributed by atoms with E-state index < -0.39 is 15.7 Å². The highest BCUT2D eigenvalue weighted by molar-refractivity contribution is 8.00. The Balaban J connectivity index is 1.64. The van der Waals surface area contributed by atoms with Crippen molar-refractivity contribution >= 4 is 44.8 Å². The lowest BCUT2D eigenvalue weighted by atomic mass is 10.2. The molecule has 0 fully saturated rings. The highest BCUT2D eigenvalue weighted by Gasteiger charge is 2.14. The van der Waals surface area contributed by atoms with Crippen molar-refractivity contribution in [1.82, 2.24) is 0 Å². The van der Waals surface area contributed by atoms with E-state index in [-0.39, 0.29) is 22.5 Å². The van der Waals surface area contributed by atoms with Crippen LogP contribution in [0.2, 0.25) is 0 Å². The predicted molar refractivity (Wildman–Crippen MR) is 120 cm³/mol. The number of anilines is 2. The molecular weight excluding hydrogens is 439 g/mol. The van der Waals surface area contributed by atoms with Crippen molar-refractivity contribution in [2.24, 2.45) is 0 Å². The van der Waals surface area contributed by atoms with Gasteiger partial charge in [0.15, 0.2) is 9.84 Å². The van der Waals surface area contributed by atoms with Crippen LogP contribution in [0.15, 0.2) is 82.6 Å². The maximum atomic E-state index is 13.0. The molecule has 160 valence electrons. The Hall–Kier alpha value is -3.17. The molecule has 0 aliphatic carbocycles. The molecule has 3 aromatic carbocycles. The van der Waals surface area contributed by atoms with E-state index in [1.165, 1.54) is 60.3 Å². The molecule has 0 heterocycles. The average molecular weight is 459 g/mol. The fourth-order valence-electron chi connectivity index (χ4n) is 2.64. The van der Waals surface area contributed by atoms with Crippen LogP contribution in [0.5, 0.6) is 0 Å². The summed E-state index contributed by atoms with van der Waals surface area (Å²) in [6.07, 6.45) is 1.11. The molecule has 0 unspecified atom stereocenters. The minimum Gasteiger partial charge on any atom is -0.325 e. The summed E-state index contributed by atoms with van der Waals surface area (Å²) < 4.78 is 36.1. The highest BCUT2D eigenvalue weighted by Crippen LogP contribution is 2.24. The average Bonchev–Trinajstić information content (AvgIpc) is 2.74. The molecule has 0 aliphatic heterocycles. The lowest BCUT2D eigenvalue weighted by Crippen LogP contribution is -2.16. The van der Waals surface area contributed by atoms with Gasteiger partial charge in [-0.05, 0) is 60.7 Å². The Morgan fingerprint density at radius 3 is 2.10 bits per heavy atom. The van der Waals surface area contributed by atoms with Gasteiger partial charge in [-0.25, -0.2) is 12.8 Å². The molecule has 0 aromatic heterocycles. The van der Waals surface area contributed by atoms with Crippen molar-refractivity contribution in [3.8, 4) is 0 Å². The molecule has 0 bridgehead atoms. The van der Waals surface area contributed by atoms with Crippen molar-refractivity contribution < 1.29 is 22.4 Å². The van der Waals surface area contributed by atoms with Gasteiger partial charge >= 0.3 is 0 Å². The summed E-state index contributed by atoms with van der Waals surface area (Å²) in [5.41, 5.74) is 1.32. The first-order valence-electron chi connectivity index (χ1n) is 9.11. The van der Waals surface area contributed by atoms with E-state index in [9.17, 15) is 22.4 Å². The summed E-state index contributed by atoms with van der Waals surface area (Å²) >= 11 is 1.20. The van der Waals surface area contributed by atoms with E-state index in [1.54, 1.807) is 24.3 Å². The van der Waals surface area contributed by atoms with Gasteiger partial charge in [0.05, 0.1) is 16.2 Å². The molecule has 0 saturated carbocycles. The second-order valence-corrected chi connectivity index (χ2v) is 9.62. The summed E-state index contributed by atoms with van der Waals surface area (Å²) in [5, 5.41) is 5.40. The molecule has 0 spiro atoms. The first-order chi connectivity index (χ1) is 14.7. The number of hydrogen-bond acceptors (Lipinski definition) is 5. The third kappa shape index (κ3) is 6.40. The number of hydrogen-bond donors (Lipinski definition) is 2. The van der Waals surface area contributed by atoms with Crippen LogP contribution < -0.4 is 10.6 Å². The summed E-state index contributed by atoms with van der Waals surface area (Å²) in [7, 11) is -3.32. The maximum Gasteiger partial charge on any atom is 0.256 e. The quantitative estimate of drug-likeness (QED) is 0.518. The molecule has 0 aliphatic rings. The molecule has 9 heteroatoms. The predicted octanol–water partition coefficient (Wildman–Crippen LogP) is 4.21. The molecule has 2 N–H and O–H groups in total. The van der Waals surface area contributed by atoms with Crippen LogP contribution in [-0.2, 0) is 14.6 Å². The number of nitrogens with one attached hydrogen (secondary N) is 2. The molecule has 31 heavy (non-hydrogen) atoms. The number of carbonyl (C=O) groups excluding carboxylic acids is 2. The fraction of sp³-hybridized carbons (Fsp3) is 0.0909. The lowest BCUT2D eigenvalue weighted by molar-refractivity contribution is -0.113. The number of benzene rings is 3. The number of halogens is 1. The molecular formula is C22H19FN2O4S2. The second kappa shape index (κ2) is 9.76. The summed E-state index contributed by atoms with van der Waals surface area (Å²) in [5.74, 6) is -0.999. The third-order valence-electron chi connectivity index (χ3n) is 4.16. The van der Waals surface area contributed by atoms with Crippen LogP contribution in [0.1, 0.15) is 10.4 Å². The SMILES string of the molecule is CS(=O)(=O)c1ccc(NC(=O)c2ccccc2SCC(=O)Nc2ccc(F)cc2)cc1. The summed E-state index contributed by atoms with van der Waals surface area (Å²) in [4.78, 5) is 25.7. The monoisotopic (exact) mass is 458 g/mol. The zero-order valence-corrected chi connectivity index (χ0v) is 18.1. The van der Waals surface area contributed by atoms with E-state index in [0.29, 0.717) is 21.8 Å². The van der Waals surface area contributed by atoms with E-state index >= 15 is 0 Å². The Morgan fingerprint density at radius 2 is 1.45 bits per heavy atom. The Kier molecular flexibility index (Phi) is 7.09. The Labute approximate surface area is 183 Å².